The SMILES string of the molecule is CCc1nnc(N/N=C\c2ccccc2)n1N.Cl. The molecule has 0 saturated carbocycles. The Morgan fingerprint density at radius 1 is 1.33 bits per heavy atom. The van der Waals surface area contributed by atoms with Gasteiger partial charge in [0.25, 0.3) is 5.95 Å². The van der Waals surface area contributed by atoms with E-state index in [1.807, 2.05) is 37.3 Å². The largest absolute Gasteiger partial charge is 0.335 e. The average Bonchev–Trinajstić information content (AvgIpc) is 2.72. The number of anilines is 1. The van der Waals surface area contributed by atoms with Crippen molar-refractivity contribution in [1.29, 1.82) is 0 Å². The van der Waals surface area contributed by atoms with E-state index in [9.17, 15) is 0 Å². The van der Waals surface area contributed by atoms with Crippen molar-refractivity contribution < 1.29 is 0 Å². The summed E-state index contributed by atoms with van der Waals surface area (Å²) >= 11 is 0. The van der Waals surface area contributed by atoms with Crippen LogP contribution < -0.4 is 11.3 Å². The molecule has 1 aromatic carbocycles. The summed E-state index contributed by atoms with van der Waals surface area (Å²) in [6.45, 7) is 1.96. The zero-order valence-corrected chi connectivity index (χ0v) is 10.8. The Hall–Kier alpha value is -2.08. The molecule has 1 heterocycles. The van der Waals surface area contributed by atoms with E-state index in [0.29, 0.717) is 11.8 Å². The van der Waals surface area contributed by atoms with Gasteiger partial charge in [-0.25, -0.2) is 10.1 Å². The van der Waals surface area contributed by atoms with Gasteiger partial charge in [-0.15, -0.1) is 22.6 Å². The predicted molar refractivity (Wildman–Crippen MR) is 74.5 cm³/mol. The van der Waals surface area contributed by atoms with Crippen LogP contribution in [-0.2, 0) is 6.42 Å². The van der Waals surface area contributed by atoms with E-state index in [4.69, 9.17) is 5.84 Å². The first-order valence-electron chi connectivity index (χ1n) is 5.34. The van der Waals surface area contributed by atoms with E-state index in [1.165, 1.54) is 4.68 Å². The second-order valence-corrected chi connectivity index (χ2v) is 3.44. The first-order valence-corrected chi connectivity index (χ1v) is 5.34. The minimum atomic E-state index is 0. The van der Waals surface area contributed by atoms with Gasteiger partial charge in [0.1, 0.15) is 0 Å². The van der Waals surface area contributed by atoms with Gasteiger partial charge in [-0.3, -0.25) is 0 Å². The van der Waals surface area contributed by atoms with Crippen LogP contribution in [0.25, 0.3) is 0 Å². The molecule has 6 nitrogen and oxygen atoms in total. The quantitative estimate of drug-likeness (QED) is 0.498. The highest BCUT2D eigenvalue weighted by molar-refractivity contribution is 5.85. The Morgan fingerprint density at radius 3 is 2.67 bits per heavy atom. The molecule has 96 valence electrons. The number of nitrogens with two attached hydrogens (primary N) is 1. The van der Waals surface area contributed by atoms with Crippen molar-refractivity contribution in [3.8, 4) is 0 Å². The van der Waals surface area contributed by atoms with Gasteiger partial charge in [-0.05, 0) is 5.56 Å². The summed E-state index contributed by atoms with van der Waals surface area (Å²) in [6, 6.07) is 9.75. The number of aryl methyl sites for hydroxylation is 1. The first kappa shape index (κ1) is 14.0. The van der Waals surface area contributed by atoms with Crippen LogP contribution in [0, 0.1) is 0 Å². The third-order valence-electron chi connectivity index (χ3n) is 2.26. The Balaban J connectivity index is 0.00000162. The molecular formula is C11H15ClN6. The highest BCUT2D eigenvalue weighted by Gasteiger charge is 2.05. The van der Waals surface area contributed by atoms with E-state index in [2.05, 4.69) is 20.7 Å². The van der Waals surface area contributed by atoms with Crippen molar-refractivity contribution in [2.45, 2.75) is 13.3 Å². The van der Waals surface area contributed by atoms with Crippen molar-refractivity contribution in [2.75, 3.05) is 11.3 Å². The maximum Gasteiger partial charge on any atom is 0.263 e. The highest BCUT2D eigenvalue weighted by atomic mass is 35.5. The molecular weight excluding hydrogens is 252 g/mol. The summed E-state index contributed by atoms with van der Waals surface area (Å²) in [5.41, 5.74) is 3.75. The van der Waals surface area contributed by atoms with E-state index < -0.39 is 0 Å². The maximum atomic E-state index is 5.75. The number of halogens is 1. The van der Waals surface area contributed by atoms with E-state index in [-0.39, 0.29) is 12.4 Å². The van der Waals surface area contributed by atoms with Crippen LogP contribution in [0.4, 0.5) is 5.95 Å². The average molecular weight is 267 g/mol. The Bertz CT molecular complexity index is 508. The summed E-state index contributed by atoms with van der Waals surface area (Å²) in [5, 5.41) is 11.8. The van der Waals surface area contributed by atoms with Crippen LogP contribution in [-0.4, -0.2) is 21.1 Å². The second-order valence-electron chi connectivity index (χ2n) is 3.44. The molecule has 0 unspecified atom stereocenters. The van der Waals surface area contributed by atoms with Gasteiger partial charge in [0.2, 0.25) is 0 Å². The van der Waals surface area contributed by atoms with Gasteiger partial charge in [-0.2, -0.15) is 5.10 Å². The number of nitrogens with one attached hydrogen (secondary N) is 1. The Morgan fingerprint density at radius 2 is 2.06 bits per heavy atom. The molecule has 7 heteroatoms. The smallest absolute Gasteiger partial charge is 0.263 e. The molecule has 0 fully saturated rings. The third kappa shape index (κ3) is 3.21. The molecule has 0 aliphatic heterocycles. The third-order valence-corrected chi connectivity index (χ3v) is 2.26. The van der Waals surface area contributed by atoms with Crippen LogP contribution in [0.15, 0.2) is 35.4 Å². The van der Waals surface area contributed by atoms with Crippen LogP contribution in [0.3, 0.4) is 0 Å². The maximum absolute atomic E-state index is 5.75. The molecule has 18 heavy (non-hydrogen) atoms. The lowest BCUT2D eigenvalue weighted by Gasteiger charge is -2.00. The minimum absolute atomic E-state index is 0. The van der Waals surface area contributed by atoms with Crippen LogP contribution in [0.1, 0.15) is 18.3 Å². The molecule has 1 aromatic heterocycles. The summed E-state index contributed by atoms with van der Waals surface area (Å²) in [7, 11) is 0. The van der Waals surface area contributed by atoms with Gasteiger partial charge in [0.15, 0.2) is 5.82 Å². The van der Waals surface area contributed by atoms with Gasteiger partial charge in [-0.1, -0.05) is 37.3 Å². The van der Waals surface area contributed by atoms with Crippen molar-refractivity contribution >= 4 is 24.6 Å². The fraction of sp³-hybridized carbons (Fsp3) is 0.182. The molecule has 0 spiro atoms. The second kappa shape index (κ2) is 6.61. The number of hydrogen-bond acceptors (Lipinski definition) is 5. The van der Waals surface area contributed by atoms with Crippen molar-refractivity contribution in [3.05, 3.63) is 41.7 Å². The van der Waals surface area contributed by atoms with Gasteiger partial charge < -0.3 is 5.84 Å². The molecule has 0 aliphatic carbocycles. The topological polar surface area (TPSA) is 81.1 Å². The zero-order valence-electron chi connectivity index (χ0n) is 9.95. The van der Waals surface area contributed by atoms with Crippen LogP contribution in [0.5, 0.6) is 0 Å². The molecule has 0 atom stereocenters. The van der Waals surface area contributed by atoms with Crippen molar-refractivity contribution in [3.63, 3.8) is 0 Å². The first-order chi connectivity index (χ1) is 8.31. The summed E-state index contributed by atoms with van der Waals surface area (Å²) in [5.74, 6) is 6.88. The number of benzene rings is 1. The molecule has 0 aliphatic rings. The lowest BCUT2D eigenvalue weighted by Crippen LogP contribution is -2.14. The molecule has 2 aromatic rings. The van der Waals surface area contributed by atoms with Crippen molar-refractivity contribution in [2.24, 2.45) is 5.10 Å². The lowest BCUT2D eigenvalue weighted by atomic mass is 10.2. The number of nitrogens with zero attached hydrogens (tertiary/aromatic N) is 4. The van der Waals surface area contributed by atoms with E-state index in [0.717, 1.165) is 12.0 Å². The lowest BCUT2D eigenvalue weighted by molar-refractivity contribution is 0.855. The number of rotatable bonds is 4. The summed E-state index contributed by atoms with van der Waals surface area (Å²) < 4.78 is 1.39. The van der Waals surface area contributed by atoms with E-state index >= 15 is 0 Å². The summed E-state index contributed by atoms with van der Waals surface area (Å²) in [6.07, 6.45) is 2.42. The van der Waals surface area contributed by atoms with E-state index in [1.54, 1.807) is 6.21 Å². The zero-order chi connectivity index (χ0) is 12.1. The van der Waals surface area contributed by atoms with Gasteiger partial charge in [0, 0.05) is 6.42 Å². The Kier molecular flexibility index (Phi) is 5.13. The molecule has 0 bridgehead atoms. The minimum Gasteiger partial charge on any atom is -0.335 e. The number of hydrogen-bond donors (Lipinski definition) is 2. The highest BCUT2D eigenvalue weighted by Crippen LogP contribution is 2.03. The normalized spacial score (nSPS) is 10.3. The molecule has 0 saturated heterocycles. The number of nitrogen functional groups attached to an aromatic ring is 1. The molecule has 0 radical (unpaired) electrons. The van der Waals surface area contributed by atoms with Crippen molar-refractivity contribution in [1.82, 2.24) is 14.9 Å². The predicted octanol–water partition coefficient (Wildman–Crippen LogP) is 1.42. The molecule has 0 amide bonds. The Labute approximate surface area is 111 Å². The number of aromatic nitrogens is 3. The standard InChI is InChI=1S/C11H14N6.ClH/c1-2-10-14-16-11(17(10)12)15-13-8-9-6-4-3-5-7-9;/h3-8H,2,12H2,1H3,(H,15,16);1H/b13-8-;. The van der Waals surface area contributed by atoms with Crippen LogP contribution >= 0.6 is 12.4 Å². The van der Waals surface area contributed by atoms with Gasteiger partial charge in [0.05, 0.1) is 6.21 Å². The van der Waals surface area contributed by atoms with Gasteiger partial charge >= 0.3 is 0 Å². The fourth-order valence-corrected chi connectivity index (χ4v) is 1.34. The molecule has 2 rings (SSSR count). The summed E-state index contributed by atoms with van der Waals surface area (Å²) in [4.78, 5) is 0. The number of hydrazone groups is 1. The monoisotopic (exact) mass is 266 g/mol. The fourth-order valence-electron chi connectivity index (χ4n) is 1.34. The van der Waals surface area contributed by atoms with Crippen LogP contribution in [0.2, 0.25) is 0 Å². The molecule has 3 N–H and O–H groups in total.